The molecule has 4 heterocycles. The molecule has 5 heteroatoms. The maximum Gasteiger partial charge on any atom is 3.00 e. The Morgan fingerprint density at radius 1 is 0.275 bits per heavy atom. The second kappa shape index (κ2) is 21.9. The van der Waals surface area contributed by atoms with Crippen LogP contribution in [0.15, 0.2) is 284 Å². The molecule has 10 aromatic carbocycles. The molecule has 0 aliphatic rings. The van der Waals surface area contributed by atoms with E-state index < -0.39 is 0 Å². The van der Waals surface area contributed by atoms with Crippen molar-refractivity contribution in [1.29, 1.82) is 0 Å². The Hall–Kier alpha value is -9.90. The van der Waals surface area contributed by atoms with Gasteiger partial charge in [-0.2, -0.15) is 0 Å². The van der Waals surface area contributed by atoms with Crippen LogP contribution in [-0.2, 0) is 20.1 Å². The number of rotatable bonds is 11. The molecule has 14 rings (SSSR count). The summed E-state index contributed by atoms with van der Waals surface area (Å²) in [6, 6.07) is 102. The molecule has 0 fully saturated rings. The van der Waals surface area contributed by atoms with E-state index >= 15 is 0 Å². The Labute approximate surface area is 478 Å². The Bertz CT molecular complexity index is 4340. The molecule has 14 aromatic rings. The van der Waals surface area contributed by atoms with Gasteiger partial charge in [-0.1, -0.05) is 186 Å². The van der Waals surface area contributed by atoms with Gasteiger partial charge in [-0.3, -0.25) is 0 Å². The van der Waals surface area contributed by atoms with E-state index in [-0.39, 0.29) is 20.1 Å². The normalized spacial score (nSPS) is 11.2. The van der Waals surface area contributed by atoms with Crippen molar-refractivity contribution in [2.45, 2.75) is 0 Å². The summed E-state index contributed by atoms with van der Waals surface area (Å²) in [7, 11) is 0. The summed E-state index contributed by atoms with van der Waals surface area (Å²) >= 11 is 0. The molecule has 4 aromatic heterocycles. The molecule has 0 unspecified atom stereocenters. The van der Waals surface area contributed by atoms with Crippen LogP contribution in [0, 0.1) is 18.2 Å². The van der Waals surface area contributed by atoms with Gasteiger partial charge in [0.1, 0.15) is 11.2 Å². The molecule has 0 atom stereocenters. The number of benzene rings is 10. The van der Waals surface area contributed by atoms with Crippen molar-refractivity contribution in [2.24, 2.45) is 0 Å². The van der Waals surface area contributed by atoms with Gasteiger partial charge in [0.2, 0.25) is 0 Å². The summed E-state index contributed by atoms with van der Waals surface area (Å²) < 4.78 is 6.94. The van der Waals surface area contributed by atoms with Gasteiger partial charge in [-0.15, -0.1) is 89.5 Å². The van der Waals surface area contributed by atoms with E-state index in [0.29, 0.717) is 0 Å². The van der Waals surface area contributed by atoms with Gasteiger partial charge in [-0.25, -0.2) is 0 Å². The van der Waals surface area contributed by atoms with Crippen LogP contribution in [0.5, 0.6) is 0 Å². The largest absolute Gasteiger partial charge is 3.00 e. The first-order valence-electron chi connectivity index (χ1n) is 26.5. The van der Waals surface area contributed by atoms with Crippen LogP contribution < -0.4 is 0 Å². The maximum absolute atomic E-state index is 6.94. The molecule has 0 saturated heterocycles. The zero-order chi connectivity index (χ0) is 52.5. The summed E-state index contributed by atoms with van der Waals surface area (Å²) in [5.74, 6) is 0. The molecule has 0 N–H and O–H groups in total. The van der Waals surface area contributed by atoms with Gasteiger partial charge < -0.3 is 19.4 Å². The molecule has 0 aliphatic heterocycles. The number of para-hydroxylation sites is 1. The van der Waals surface area contributed by atoms with Gasteiger partial charge in [0.15, 0.2) is 0 Å². The Morgan fingerprint density at radius 3 is 1.27 bits per heavy atom. The molecular weight excluding hydrogens is 1150 g/mol. The number of furan rings is 1. The third-order valence-electron chi connectivity index (χ3n) is 14.9. The van der Waals surface area contributed by atoms with Gasteiger partial charge in [-0.05, 0) is 127 Å². The second-order valence-electron chi connectivity index (χ2n) is 19.6. The number of nitrogens with zero attached hydrogens (tertiary/aromatic N) is 3. The van der Waals surface area contributed by atoms with E-state index in [4.69, 9.17) is 9.40 Å². The van der Waals surface area contributed by atoms with Gasteiger partial charge in [0.25, 0.3) is 0 Å². The standard InChI is InChI=1S/C75H46N3O.Ir/c1-2-14-50(15-3-1)51-24-26-52(27-25-51)59-42-45-78-72(49-59)57-36-38-58(39-37-57)74-67(40-41-69-68-20-8-9-23-73(68)79-75(69)74)62-47-60(65-18-6-4-16-63(65)53-28-32-55(33-29-53)70-21-10-12-43-76-70)46-61(48-62)66-19-7-5-17-64(66)54-30-34-56(35-31-54)71-22-11-13-44-77-71;/h1-32,34,36,38-49H;/q-3;+3. The van der Waals surface area contributed by atoms with Crippen LogP contribution in [0.2, 0.25) is 0 Å². The van der Waals surface area contributed by atoms with Gasteiger partial charge in [0.05, 0.1) is 0 Å². The Morgan fingerprint density at radius 2 is 0.725 bits per heavy atom. The quantitative estimate of drug-likeness (QED) is 0.121. The molecule has 376 valence electrons. The SMILES string of the molecule is [Ir+3].[c-]1cc(-c2ccccc2-c2cc(-c3ccccc3-c3c[c-]c(-c4ccccn4)cc3)cc(-c3ccc4c(oc5ccccc54)c3-c3c[c-]c(-c4cc(-c5ccc(-c6ccccc6)cc5)ccn4)cc3)c2)ccc1-c1ccccn1. The molecule has 0 spiro atoms. The van der Waals surface area contributed by atoms with Crippen LogP contribution in [0.1, 0.15) is 0 Å². The maximum atomic E-state index is 6.94. The van der Waals surface area contributed by atoms with Crippen molar-refractivity contribution >= 4 is 21.9 Å². The van der Waals surface area contributed by atoms with E-state index in [1.807, 2.05) is 67.1 Å². The minimum atomic E-state index is 0. The number of aromatic nitrogens is 3. The van der Waals surface area contributed by atoms with Gasteiger partial charge in [0, 0.05) is 29.4 Å². The third-order valence-corrected chi connectivity index (χ3v) is 14.9. The summed E-state index contributed by atoms with van der Waals surface area (Å²) in [5, 5.41) is 2.12. The number of pyridine rings is 3. The fraction of sp³-hybridized carbons (Fsp3) is 0. The number of hydrogen-bond acceptors (Lipinski definition) is 4. The van der Waals surface area contributed by atoms with Crippen molar-refractivity contribution in [2.75, 3.05) is 0 Å². The first kappa shape index (κ1) is 49.7. The molecule has 0 aliphatic carbocycles. The van der Waals surface area contributed by atoms with E-state index in [9.17, 15) is 0 Å². The summed E-state index contributed by atoms with van der Waals surface area (Å²) in [6.45, 7) is 0. The average Bonchev–Trinajstić information content (AvgIpc) is 3.93. The molecule has 0 radical (unpaired) electrons. The zero-order valence-electron chi connectivity index (χ0n) is 43.1. The van der Waals surface area contributed by atoms with Crippen LogP contribution >= 0.6 is 0 Å². The van der Waals surface area contributed by atoms with E-state index in [1.54, 1.807) is 0 Å². The molecule has 4 nitrogen and oxygen atoms in total. The van der Waals surface area contributed by atoms with Crippen LogP contribution in [0.25, 0.3) is 145 Å². The topological polar surface area (TPSA) is 51.8 Å². The minimum absolute atomic E-state index is 0. The molecular formula is C75H46IrN3O. The van der Waals surface area contributed by atoms with E-state index in [0.717, 1.165) is 134 Å². The van der Waals surface area contributed by atoms with Crippen molar-refractivity contribution in [3.63, 3.8) is 0 Å². The monoisotopic (exact) mass is 1200 g/mol. The van der Waals surface area contributed by atoms with Crippen LogP contribution in [0.3, 0.4) is 0 Å². The smallest absolute Gasteiger partial charge is 0.456 e. The molecule has 0 saturated carbocycles. The van der Waals surface area contributed by atoms with Crippen molar-refractivity contribution in [1.82, 2.24) is 15.0 Å². The molecule has 0 amide bonds. The Kier molecular flexibility index (Phi) is 13.6. The van der Waals surface area contributed by atoms with Gasteiger partial charge >= 0.3 is 20.1 Å². The first-order valence-corrected chi connectivity index (χ1v) is 26.5. The average molecular weight is 1200 g/mol. The van der Waals surface area contributed by atoms with Crippen LogP contribution in [0.4, 0.5) is 0 Å². The fourth-order valence-electron chi connectivity index (χ4n) is 10.9. The van der Waals surface area contributed by atoms with Crippen molar-refractivity contribution in [3.8, 4) is 123 Å². The summed E-state index contributed by atoms with van der Waals surface area (Å²) in [5.41, 5.74) is 24.4. The zero-order valence-corrected chi connectivity index (χ0v) is 45.5. The first-order chi connectivity index (χ1) is 39.1. The molecule has 80 heavy (non-hydrogen) atoms. The van der Waals surface area contributed by atoms with Crippen molar-refractivity contribution < 1.29 is 24.5 Å². The predicted octanol–water partition coefficient (Wildman–Crippen LogP) is 19.5. The molecule has 0 bridgehead atoms. The third kappa shape index (κ3) is 9.67. The second-order valence-corrected chi connectivity index (χ2v) is 19.6. The van der Waals surface area contributed by atoms with Crippen molar-refractivity contribution in [3.05, 3.63) is 298 Å². The van der Waals surface area contributed by atoms with Crippen LogP contribution in [-0.4, -0.2) is 15.0 Å². The van der Waals surface area contributed by atoms with E-state index in [1.165, 1.54) is 11.1 Å². The Balaban J connectivity index is 0.00000605. The predicted molar refractivity (Wildman–Crippen MR) is 323 cm³/mol. The fourth-order valence-corrected chi connectivity index (χ4v) is 10.9. The van der Waals surface area contributed by atoms with E-state index in [2.05, 4.69) is 240 Å². The number of hydrogen-bond donors (Lipinski definition) is 0. The summed E-state index contributed by atoms with van der Waals surface area (Å²) in [4.78, 5) is 14.0. The minimum Gasteiger partial charge on any atom is -0.456 e. The number of fused-ring (bicyclic) bond motifs is 3. The summed E-state index contributed by atoms with van der Waals surface area (Å²) in [6.07, 6.45) is 5.52.